The molecule has 0 bridgehead atoms. The van der Waals surface area contributed by atoms with Crippen molar-refractivity contribution in [3.8, 4) is 22.9 Å². The number of hydrogen-bond donors (Lipinski definition) is 0. The fraction of sp³-hybridized carbons (Fsp3) is 0.211. The van der Waals surface area contributed by atoms with Crippen molar-refractivity contribution < 1.29 is 9.47 Å². The molecule has 1 aromatic heterocycles. The molecule has 0 aliphatic rings. The van der Waals surface area contributed by atoms with Crippen molar-refractivity contribution in [1.82, 2.24) is 9.55 Å². The van der Waals surface area contributed by atoms with Gasteiger partial charge in [-0.1, -0.05) is 30.3 Å². The summed E-state index contributed by atoms with van der Waals surface area (Å²) in [6, 6.07) is 16.0. The van der Waals surface area contributed by atoms with Crippen LogP contribution in [0.4, 0.5) is 0 Å². The lowest BCUT2D eigenvalue weighted by Gasteiger charge is -2.13. The SMILES string of the molecule is CCn1ccnc1-c1ccc(OCc2ccccc2)c(OC)c1. The number of benzene rings is 2. The van der Waals surface area contributed by atoms with Crippen LogP contribution in [0.3, 0.4) is 0 Å². The van der Waals surface area contributed by atoms with Crippen LogP contribution in [0.15, 0.2) is 60.9 Å². The smallest absolute Gasteiger partial charge is 0.161 e. The average molecular weight is 308 g/mol. The number of aryl methyl sites for hydroxylation is 1. The van der Waals surface area contributed by atoms with Gasteiger partial charge in [0.1, 0.15) is 12.4 Å². The maximum Gasteiger partial charge on any atom is 0.161 e. The molecule has 0 radical (unpaired) electrons. The minimum Gasteiger partial charge on any atom is -0.493 e. The Balaban J connectivity index is 1.82. The molecule has 2 aromatic carbocycles. The third-order valence-electron chi connectivity index (χ3n) is 3.72. The number of rotatable bonds is 6. The van der Waals surface area contributed by atoms with Crippen LogP contribution in [-0.2, 0) is 13.2 Å². The number of nitrogens with zero attached hydrogens (tertiary/aromatic N) is 2. The van der Waals surface area contributed by atoms with E-state index in [0.717, 1.165) is 29.2 Å². The van der Waals surface area contributed by atoms with Gasteiger partial charge in [-0.15, -0.1) is 0 Å². The highest BCUT2D eigenvalue weighted by atomic mass is 16.5. The van der Waals surface area contributed by atoms with Gasteiger partial charge in [0.05, 0.1) is 7.11 Å². The first-order chi connectivity index (χ1) is 11.3. The molecule has 4 nitrogen and oxygen atoms in total. The Labute approximate surface area is 136 Å². The normalized spacial score (nSPS) is 10.5. The van der Waals surface area contributed by atoms with Gasteiger partial charge in [0.15, 0.2) is 11.5 Å². The Morgan fingerprint density at radius 1 is 1.04 bits per heavy atom. The third-order valence-corrected chi connectivity index (χ3v) is 3.72. The summed E-state index contributed by atoms with van der Waals surface area (Å²) in [5.41, 5.74) is 2.14. The Morgan fingerprint density at radius 3 is 2.61 bits per heavy atom. The number of hydrogen-bond acceptors (Lipinski definition) is 3. The minimum absolute atomic E-state index is 0.514. The molecule has 0 aliphatic heterocycles. The summed E-state index contributed by atoms with van der Waals surface area (Å²) in [5, 5.41) is 0. The number of aromatic nitrogens is 2. The van der Waals surface area contributed by atoms with Gasteiger partial charge in [-0.05, 0) is 30.7 Å². The maximum absolute atomic E-state index is 5.89. The standard InChI is InChI=1S/C19H20N2O2/c1-3-21-12-11-20-19(21)16-9-10-17(18(13-16)22-2)23-14-15-7-5-4-6-8-15/h4-13H,3,14H2,1-2H3. The monoisotopic (exact) mass is 308 g/mol. The average Bonchev–Trinajstić information content (AvgIpc) is 3.09. The molecular weight excluding hydrogens is 288 g/mol. The van der Waals surface area contributed by atoms with Gasteiger partial charge >= 0.3 is 0 Å². The first-order valence-corrected chi connectivity index (χ1v) is 7.68. The van der Waals surface area contributed by atoms with Gasteiger partial charge in [-0.3, -0.25) is 0 Å². The van der Waals surface area contributed by atoms with Crippen molar-refractivity contribution in [1.29, 1.82) is 0 Å². The Bertz CT molecular complexity index is 766. The van der Waals surface area contributed by atoms with E-state index < -0.39 is 0 Å². The van der Waals surface area contributed by atoms with Gasteiger partial charge in [0, 0.05) is 24.5 Å². The molecule has 0 spiro atoms. The lowest BCUT2D eigenvalue weighted by molar-refractivity contribution is 0.284. The molecule has 118 valence electrons. The molecule has 3 rings (SSSR count). The third kappa shape index (κ3) is 3.37. The van der Waals surface area contributed by atoms with E-state index in [9.17, 15) is 0 Å². The summed E-state index contributed by atoms with van der Waals surface area (Å²) < 4.78 is 13.5. The van der Waals surface area contributed by atoms with Crippen LogP contribution < -0.4 is 9.47 Å². The molecule has 0 fully saturated rings. The van der Waals surface area contributed by atoms with Crippen LogP contribution in [-0.4, -0.2) is 16.7 Å². The molecule has 0 saturated heterocycles. The van der Waals surface area contributed by atoms with Crippen LogP contribution in [0.25, 0.3) is 11.4 Å². The van der Waals surface area contributed by atoms with E-state index >= 15 is 0 Å². The summed E-state index contributed by atoms with van der Waals surface area (Å²) in [6.07, 6.45) is 3.78. The number of methoxy groups -OCH3 is 1. The molecular formula is C19H20N2O2. The van der Waals surface area contributed by atoms with Crippen LogP contribution in [0.5, 0.6) is 11.5 Å². The summed E-state index contributed by atoms with van der Waals surface area (Å²) in [4.78, 5) is 4.42. The zero-order valence-electron chi connectivity index (χ0n) is 13.4. The highest BCUT2D eigenvalue weighted by Crippen LogP contribution is 2.32. The maximum atomic E-state index is 5.89. The fourth-order valence-electron chi connectivity index (χ4n) is 2.49. The van der Waals surface area contributed by atoms with Crippen LogP contribution in [0.2, 0.25) is 0 Å². The van der Waals surface area contributed by atoms with E-state index in [1.54, 1.807) is 7.11 Å². The second kappa shape index (κ2) is 7.01. The lowest BCUT2D eigenvalue weighted by Crippen LogP contribution is -1.99. The van der Waals surface area contributed by atoms with Crippen LogP contribution in [0, 0.1) is 0 Å². The topological polar surface area (TPSA) is 36.3 Å². The van der Waals surface area contributed by atoms with Gasteiger partial charge in [-0.25, -0.2) is 4.98 Å². The van der Waals surface area contributed by atoms with Crippen LogP contribution >= 0.6 is 0 Å². The second-order valence-corrected chi connectivity index (χ2v) is 5.18. The van der Waals surface area contributed by atoms with Crippen molar-refractivity contribution in [2.24, 2.45) is 0 Å². The lowest BCUT2D eigenvalue weighted by atomic mass is 10.2. The highest BCUT2D eigenvalue weighted by molar-refractivity contribution is 5.61. The summed E-state index contributed by atoms with van der Waals surface area (Å²) in [5.74, 6) is 2.37. The molecule has 1 heterocycles. The second-order valence-electron chi connectivity index (χ2n) is 5.18. The van der Waals surface area contributed by atoms with Crippen molar-refractivity contribution in [3.05, 3.63) is 66.5 Å². The largest absolute Gasteiger partial charge is 0.493 e. The van der Waals surface area contributed by atoms with Crippen molar-refractivity contribution >= 4 is 0 Å². The van der Waals surface area contributed by atoms with E-state index in [1.165, 1.54) is 0 Å². The predicted octanol–water partition coefficient (Wildman–Crippen LogP) is 4.16. The van der Waals surface area contributed by atoms with E-state index in [1.807, 2.05) is 60.9 Å². The van der Waals surface area contributed by atoms with Gasteiger partial charge in [0.2, 0.25) is 0 Å². The predicted molar refractivity (Wildman–Crippen MR) is 90.7 cm³/mol. The minimum atomic E-state index is 0.514. The quantitative estimate of drug-likeness (QED) is 0.686. The Hall–Kier alpha value is -2.75. The summed E-state index contributed by atoms with van der Waals surface area (Å²) in [6.45, 7) is 3.49. The first kappa shape index (κ1) is 15.2. The highest BCUT2D eigenvalue weighted by Gasteiger charge is 2.10. The molecule has 4 heteroatoms. The fourth-order valence-corrected chi connectivity index (χ4v) is 2.49. The van der Waals surface area contributed by atoms with Crippen molar-refractivity contribution in [2.75, 3.05) is 7.11 Å². The number of ether oxygens (including phenoxy) is 2. The molecule has 23 heavy (non-hydrogen) atoms. The van der Waals surface area contributed by atoms with Gasteiger partial charge in [-0.2, -0.15) is 0 Å². The first-order valence-electron chi connectivity index (χ1n) is 7.68. The number of imidazole rings is 1. The summed E-state index contributed by atoms with van der Waals surface area (Å²) >= 11 is 0. The Morgan fingerprint density at radius 2 is 1.87 bits per heavy atom. The molecule has 0 atom stereocenters. The molecule has 3 aromatic rings. The Kier molecular flexibility index (Phi) is 4.62. The molecule has 0 unspecified atom stereocenters. The molecule has 0 amide bonds. The summed E-state index contributed by atoms with van der Waals surface area (Å²) in [7, 11) is 1.65. The molecule has 0 N–H and O–H groups in total. The zero-order chi connectivity index (χ0) is 16.1. The van der Waals surface area contributed by atoms with E-state index in [2.05, 4.69) is 16.5 Å². The van der Waals surface area contributed by atoms with Crippen molar-refractivity contribution in [2.45, 2.75) is 20.1 Å². The van der Waals surface area contributed by atoms with Crippen LogP contribution in [0.1, 0.15) is 12.5 Å². The van der Waals surface area contributed by atoms with E-state index in [-0.39, 0.29) is 0 Å². The van der Waals surface area contributed by atoms with E-state index in [0.29, 0.717) is 12.4 Å². The molecule has 0 aliphatic carbocycles. The zero-order valence-corrected chi connectivity index (χ0v) is 13.4. The van der Waals surface area contributed by atoms with Crippen molar-refractivity contribution in [3.63, 3.8) is 0 Å². The molecule has 0 saturated carbocycles. The van der Waals surface area contributed by atoms with Gasteiger partial charge < -0.3 is 14.0 Å². The van der Waals surface area contributed by atoms with Gasteiger partial charge in [0.25, 0.3) is 0 Å². The van der Waals surface area contributed by atoms with E-state index in [4.69, 9.17) is 9.47 Å².